The molecular formula is C12H14BrNO3. The second kappa shape index (κ2) is 5.06. The number of carbonyl (C=O) groups is 1. The lowest BCUT2D eigenvalue weighted by Crippen LogP contribution is -2.45. The minimum absolute atomic E-state index is 0.0168. The van der Waals surface area contributed by atoms with Crippen molar-refractivity contribution in [2.45, 2.75) is 18.4 Å². The molecule has 1 aromatic carbocycles. The van der Waals surface area contributed by atoms with Crippen LogP contribution in [0.2, 0.25) is 0 Å². The molecule has 0 radical (unpaired) electrons. The summed E-state index contributed by atoms with van der Waals surface area (Å²) in [5.74, 6) is 0.0168. The van der Waals surface area contributed by atoms with Gasteiger partial charge in [0.05, 0.1) is 12.6 Å². The minimum Gasteiger partial charge on any atom is -0.465 e. The molecule has 0 bridgehead atoms. The normalized spacial score (nSPS) is 24.7. The molecule has 0 saturated carbocycles. The fraction of sp³-hybridized carbons (Fsp3) is 0.417. The first-order valence-corrected chi connectivity index (χ1v) is 6.28. The van der Waals surface area contributed by atoms with Crippen LogP contribution in [-0.4, -0.2) is 40.4 Å². The molecule has 1 aliphatic heterocycles. The molecule has 4 nitrogen and oxygen atoms in total. The molecule has 0 aliphatic carbocycles. The maximum Gasteiger partial charge on any atom is 0.407 e. The van der Waals surface area contributed by atoms with Crippen molar-refractivity contribution in [1.82, 2.24) is 4.90 Å². The van der Waals surface area contributed by atoms with Crippen LogP contribution in [-0.2, 0) is 0 Å². The zero-order chi connectivity index (χ0) is 12.4. The summed E-state index contributed by atoms with van der Waals surface area (Å²) in [4.78, 5) is 12.1. The van der Waals surface area contributed by atoms with E-state index in [-0.39, 0.29) is 12.5 Å². The first-order valence-electron chi connectivity index (χ1n) is 5.49. The fourth-order valence-corrected chi connectivity index (χ4v) is 2.65. The van der Waals surface area contributed by atoms with E-state index in [1.807, 2.05) is 24.3 Å². The first kappa shape index (κ1) is 12.4. The second-order valence-electron chi connectivity index (χ2n) is 4.25. The number of aliphatic hydroxyl groups excluding tert-OH is 1. The summed E-state index contributed by atoms with van der Waals surface area (Å²) < 4.78 is 0.975. The molecule has 1 amide bonds. The van der Waals surface area contributed by atoms with Gasteiger partial charge in [-0.15, -0.1) is 0 Å². The molecule has 92 valence electrons. The van der Waals surface area contributed by atoms with Crippen LogP contribution >= 0.6 is 15.9 Å². The number of halogens is 1. The molecule has 1 aliphatic rings. The number of likely N-dealkylation sites (tertiary alicyclic amines) is 1. The molecule has 0 spiro atoms. The van der Waals surface area contributed by atoms with Crippen molar-refractivity contribution in [3.05, 3.63) is 34.3 Å². The summed E-state index contributed by atoms with van der Waals surface area (Å²) in [7, 11) is 0. The van der Waals surface area contributed by atoms with Crippen molar-refractivity contribution in [3.63, 3.8) is 0 Å². The van der Waals surface area contributed by atoms with E-state index in [0.717, 1.165) is 10.0 Å². The summed E-state index contributed by atoms with van der Waals surface area (Å²) in [6, 6.07) is 7.80. The third kappa shape index (κ3) is 2.79. The maximum absolute atomic E-state index is 10.8. The highest BCUT2D eigenvalue weighted by Crippen LogP contribution is 2.29. The predicted molar refractivity (Wildman–Crippen MR) is 67.1 cm³/mol. The Labute approximate surface area is 108 Å². The van der Waals surface area contributed by atoms with E-state index in [1.54, 1.807) is 0 Å². The van der Waals surface area contributed by atoms with E-state index in [1.165, 1.54) is 4.90 Å². The number of β-amino-alcohol motifs (C(OH)–C–C–N with tert-alkyl or cyclic N) is 1. The molecular weight excluding hydrogens is 286 g/mol. The van der Waals surface area contributed by atoms with Gasteiger partial charge in [0.15, 0.2) is 0 Å². The smallest absolute Gasteiger partial charge is 0.407 e. The molecule has 2 atom stereocenters. The van der Waals surface area contributed by atoms with E-state index in [0.29, 0.717) is 13.0 Å². The number of hydrogen-bond donors (Lipinski definition) is 2. The van der Waals surface area contributed by atoms with Crippen molar-refractivity contribution in [2.75, 3.05) is 13.1 Å². The van der Waals surface area contributed by atoms with Crippen molar-refractivity contribution in [2.24, 2.45) is 0 Å². The van der Waals surface area contributed by atoms with E-state index in [4.69, 9.17) is 5.11 Å². The Morgan fingerprint density at radius 3 is 2.82 bits per heavy atom. The summed E-state index contributed by atoms with van der Waals surface area (Å²) >= 11 is 3.40. The number of hydrogen-bond acceptors (Lipinski definition) is 2. The van der Waals surface area contributed by atoms with Gasteiger partial charge in [-0.1, -0.05) is 28.1 Å². The van der Waals surface area contributed by atoms with Crippen LogP contribution < -0.4 is 0 Å². The van der Waals surface area contributed by atoms with Gasteiger partial charge in [0, 0.05) is 16.9 Å². The van der Waals surface area contributed by atoms with Crippen molar-refractivity contribution >= 4 is 22.0 Å². The molecule has 1 aromatic rings. The van der Waals surface area contributed by atoms with Gasteiger partial charge >= 0.3 is 6.09 Å². The molecule has 5 heteroatoms. The number of aliphatic hydroxyl groups is 1. The summed E-state index contributed by atoms with van der Waals surface area (Å²) in [5, 5.41) is 18.9. The summed E-state index contributed by atoms with van der Waals surface area (Å²) in [6.07, 6.45) is -0.935. The average Bonchev–Trinajstić information content (AvgIpc) is 2.28. The topological polar surface area (TPSA) is 60.8 Å². The predicted octanol–water partition coefficient (Wildman–Crippen LogP) is 2.28. The van der Waals surface area contributed by atoms with Crippen molar-refractivity contribution < 1.29 is 15.0 Å². The lowest BCUT2D eigenvalue weighted by atomic mass is 9.87. The van der Waals surface area contributed by atoms with Crippen LogP contribution in [0.5, 0.6) is 0 Å². The van der Waals surface area contributed by atoms with E-state index < -0.39 is 12.2 Å². The summed E-state index contributed by atoms with van der Waals surface area (Å²) in [6.45, 7) is 0.663. The van der Waals surface area contributed by atoms with Gasteiger partial charge in [0.2, 0.25) is 0 Å². The quantitative estimate of drug-likeness (QED) is 0.836. The molecule has 1 fully saturated rings. The Morgan fingerprint density at radius 2 is 2.24 bits per heavy atom. The first-order chi connectivity index (χ1) is 8.08. The largest absolute Gasteiger partial charge is 0.465 e. The van der Waals surface area contributed by atoms with Gasteiger partial charge in [0.25, 0.3) is 0 Å². The molecule has 2 unspecified atom stereocenters. The standard InChI is InChI=1S/C12H14BrNO3/c13-9-3-1-2-8(6-9)10-4-5-14(12(16)17)7-11(10)15/h1-3,6,10-11,15H,4-5,7H2,(H,16,17). The van der Waals surface area contributed by atoms with Crippen LogP contribution in [0, 0.1) is 0 Å². The van der Waals surface area contributed by atoms with Crippen LogP contribution in [0.1, 0.15) is 17.9 Å². The van der Waals surface area contributed by atoms with Gasteiger partial charge < -0.3 is 15.1 Å². The number of rotatable bonds is 1. The van der Waals surface area contributed by atoms with Gasteiger partial charge in [-0.3, -0.25) is 0 Å². The Bertz CT molecular complexity index is 424. The van der Waals surface area contributed by atoms with Gasteiger partial charge in [-0.25, -0.2) is 4.79 Å². The van der Waals surface area contributed by atoms with Crippen molar-refractivity contribution in [1.29, 1.82) is 0 Å². The minimum atomic E-state index is -0.961. The SMILES string of the molecule is O=C(O)N1CCC(c2cccc(Br)c2)C(O)C1. The second-order valence-corrected chi connectivity index (χ2v) is 5.16. The Hall–Kier alpha value is -1.07. The van der Waals surface area contributed by atoms with Crippen LogP contribution in [0.15, 0.2) is 28.7 Å². The highest BCUT2D eigenvalue weighted by Gasteiger charge is 2.30. The Balaban J connectivity index is 2.12. The Kier molecular flexibility index (Phi) is 3.69. The third-order valence-electron chi connectivity index (χ3n) is 3.13. The number of piperidine rings is 1. The van der Waals surface area contributed by atoms with E-state index in [2.05, 4.69) is 15.9 Å². The zero-order valence-corrected chi connectivity index (χ0v) is 10.8. The zero-order valence-electron chi connectivity index (χ0n) is 9.21. The molecule has 0 aromatic heterocycles. The number of carboxylic acid groups (broad SMARTS) is 1. The number of nitrogens with zero attached hydrogens (tertiary/aromatic N) is 1. The third-order valence-corrected chi connectivity index (χ3v) is 3.62. The van der Waals surface area contributed by atoms with E-state index in [9.17, 15) is 9.90 Å². The van der Waals surface area contributed by atoms with Gasteiger partial charge in [0.1, 0.15) is 0 Å². The monoisotopic (exact) mass is 299 g/mol. The number of amides is 1. The maximum atomic E-state index is 10.8. The van der Waals surface area contributed by atoms with Crippen LogP contribution in [0.25, 0.3) is 0 Å². The summed E-state index contributed by atoms with van der Waals surface area (Å²) in [5.41, 5.74) is 1.05. The number of benzene rings is 1. The fourth-order valence-electron chi connectivity index (χ4n) is 2.23. The lowest BCUT2D eigenvalue weighted by Gasteiger charge is -2.34. The highest BCUT2D eigenvalue weighted by atomic mass is 79.9. The average molecular weight is 300 g/mol. The van der Waals surface area contributed by atoms with Gasteiger partial charge in [-0.2, -0.15) is 0 Å². The lowest BCUT2D eigenvalue weighted by molar-refractivity contribution is 0.0504. The van der Waals surface area contributed by atoms with Crippen molar-refractivity contribution in [3.8, 4) is 0 Å². The molecule has 1 saturated heterocycles. The molecule has 1 heterocycles. The van der Waals surface area contributed by atoms with E-state index >= 15 is 0 Å². The van der Waals surface area contributed by atoms with Crippen LogP contribution in [0.4, 0.5) is 4.79 Å². The Morgan fingerprint density at radius 1 is 1.47 bits per heavy atom. The van der Waals surface area contributed by atoms with Gasteiger partial charge in [-0.05, 0) is 24.1 Å². The molecule has 2 rings (SSSR count). The highest BCUT2D eigenvalue weighted by molar-refractivity contribution is 9.10. The van der Waals surface area contributed by atoms with Crippen LogP contribution in [0.3, 0.4) is 0 Å². The molecule has 17 heavy (non-hydrogen) atoms. The molecule has 2 N–H and O–H groups in total.